The number of carbonyl (C=O) groups is 1. The van der Waals surface area contributed by atoms with Crippen molar-refractivity contribution in [2.24, 2.45) is 0 Å². The maximum Gasteiger partial charge on any atom is 0.264 e. The predicted molar refractivity (Wildman–Crippen MR) is 108 cm³/mol. The van der Waals surface area contributed by atoms with Gasteiger partial charge in [-0.15, -0.1) is 11.3 Å². The third-order valence-electron chi connectivity index (χ3n) is 4.60. The maximum absolute atomic E-state index is 12.8. The summed E-state index contributed by atoms with van der Waals surface area (Å²) in [6.45, 7) is 1.27. The molecule has 1 fully saturated rings. The molecule has 140 valence electrons. The van der Waals surface area contributed by atoms with Gasteiger partial charge in [-0.25, -0.2) is 8.42 Å². The minimum absolute atomic E-state index is 0.0454. The van der Waals surface area contributed by atoms with Crippen LogP contribution in [0.3, 0.4) is 0 Å². The van der Waals surface area contributed by atoms with Crippen molar-refractivity contribution in [1.82, 2.24) is 9.21 Å². The van der Waals surface area contributed by atoms with Gasteiger partial charge in [0.25, 0.3) is 5.91 Å². The number of hydrogen-bond acceptors (Lipinski definition) is 4. The molecule has 0 N–H and O–H groups in total. The number of hydrogen-bond donors (Lipinski definition) is 0. The summed E-state index contributed by atoms with van der Waals surface area (Å²) in [5, 5.41) is 1.43. The highest BCUT2D eigenvalue weighted by Crippen LogP contribution is 2.27. The van der Waals surface area contributed by atoms with E-state index < -0.39 is 10.0 Å². The van der Waals surface area contributed by atoms with Gasteiger partial charge in [-0.05, 0) is 35.7 Å². The standard InChI is InChI=1S/C19H17ClN2O3S2/c20-15-5-3-6-16(13-15)27(24,25)22-10-8-21(9-11-22)19(23)18-12-14-4-1-2-7-17(14)26-18/h1-7,12-13H,8-11H2. The lowest BCUT2D eigenvalue weighted by atomic mass is 10.2. The Balaban J connectivity index is 1.47. The first-order valence-corrected chi connectivity index (χ1v) is 11.1. The number of sulfonamides is 1. The predicted octanol–water partition coefficient (Wildman–Crippen LogP) is 3.70. The molecule has 3 aromatic rings. The van der Waals surface area contributed by atoms with Gasteiger partial charge in [0.15, 0.2) is 0 Å². The monoisotopic (exact) mass is 420 g/mol. The van der Waals surface area contributed by atoms with Crippen LogP contribution in [0.2, 0.25) is 5.02 Å². The number of benzene rings is 2. The van der Waals surface area contributed by atoms with Gasteiger partial charge >= 0.3 is 0 Å². The minimum atomic E-state index is -3.61. The first-order chi connectivity index (χ1) is 12.9. The highest BCUT2D eigenvalue weighted by atomic mass is 35.5. The molecule has 1 amide bonds. The van der Waals surface area contributed by atoms with Crippen molar-refractivity contribution in [3.8, 4) is 0 Å². The number of fused-ring (bicyclic) bond motifs is 1. The van der Waals surface area contributed by atoms with Crippen molar-refractivity contribution in [2.45, 2.75) is 4.90 Å². The summed E-state index contributed by atoms with van der Waals surface area (Å²) < 4.78 is 28.0. The summed E-state index contributed by atoms with van der Waals surface area (Å²) in [5.41, 5.74) is 0. The van der Waals surface area contributed by atoms with Gasteiger partial charge in [-0.1, -0.05) is 35.9 Å². The Morgan fingerprint density at radius 2 is 1.70 bits per heavy atom. The second kappa shape index (κ2) is 7.24. The van der Waals surface area contributed by atoms with Crippen LogP contribution in [0.5, 0.6) is 0 Å². The lowest BCUT2D eigenvalue weighted by molar-refractivity contribution is 0.0703. The largest absolute Gasteiger partial charge is 0.335 e. The van der Waals surface area contributed by atoms with Crippen molar-refractivity contribution in [3.05, 3.63) is 64.5 Å². The SMILES string of the molecule is O=C(c1cc2ccccc2s1)N1CCN(S(=O)(=O)c2cccc(Cl)c2)CC1. The van der Waals surface area contributed by atoms with Gasteiger partial charge in [0.2, 0.25) is 10.0 Å². The van der Waals surface area contributed by atoms with Crippen LogP contribution in [-0.2, 0) is 10.0 Å². The first-order valence-electron chi connectivity index (χ1n) is 8.49. The van der Waals surface area contributed by atoms with Crippen molar-refractivity contribution < 1.29 is 13.2 Å². The molecule has 1 aliphatic rings. The second-order valence-electron chi connectivity index (χ2n) is 6.30. The lowest BCUT2D eigenvalue weighted by Crippen LogP contribution is -2.50. The third kappa shape index (κ3) is 3.60. The van der Waals surface area contributed by atoms with Crippen molar-refractivity contribution in [1.29, 1.82) is 0 Å². The fourth-order valence-corrected chi connectivity index (χ4v) is 5.91. The Morgan fingerprint density at radius 1 is 0.963 bits per heavy atom. The van der Waals surface area contributed by atoms with E-state index >= 15 is 0 Å². The quantitative estimate of drug-likeness (QED) is 0.649. The lowest BCUT2D eigenvalue weighted by Gasteiger charge is -2.33. The molecule has 4 rings (SSSR count). The fourth-order valence-electron chi connectivity index (χ4n) is 3.15. The van der Waals surface area contributed by atoms with Crippen molar-refractivity contribution >= 4 is 49.0 Å². The number of carbonyl (C=O) groups excluding carboxylic acids is 1. The van der Waals surface area contributed by atoms with E-state index in [1.807, 2.05) is 30.3 Å². The molecule has 1 saturated heterocycles. The Bertz CT molecular complexity index is 1070. The summed E-state index contributed by atoms with van der Waals surface area (Å²) in [4.78, 5) is 15.4. The number of piperazine rings is 1. The van der Waals surface area contributed by atoms with Gasteiger partial charge in [-0.2, -0.15) is 4.31 Å². The van der Waals surface area contributed by atoms with Crippen LogP contribution >= 0.6 is 22.9 Å². The summed E-state index contributed by atoms with van der Waals surface area (Å²) in [6.07, 6.45) is 0. The summed E-state index contributed by atoms with van der Waals surface area (Å²) in [6, 6.07) is 16.0. The van der Waals surface area contributed by atoms with E-state index in [9.17, 15) is 13.2 Å². The molecule has 5 nitrogen and oxygen atoms in total. The van der Waals surface area contributed by atoms with E-state index in [2.05, 4.69) is 0 Å². The van der Waals surface area contributed by atoms with Crippen LogP contribution in [0.1, 0.15) is 9.67 Å². The molecular weight excluding hydrogens is 404 g/mol. The van der Waals surface area contributed by atoms with Crippen LogP contribution < -0.4 is 0 Å². The zero-order chi connectivity index (χ0) is 19.0. The van der Waals surface area contributed by atoms with Crippen LogP contribution in [0, 0.1) is 0 Å². The summed E-state index contributed by atoms with van der Waals surface area (Å²) in [5.74, 6) is -0.0454. The zero-order valence-corrected chi connectivity index (χ0v) is 16.7. The van der Waals surface area contributed by atoms with E-state index in [4.69, 9.17) is 11.6 Å². The molecule has 2 heterocycles. The van der Waals surface area contributed by atoms with Crippen molar-refractivity contribution in [3.63, 3.8) is 0 Å². The Morgan fingerprint density at radius 3 is 2.41 bits per heavy atom. The van der Waals surface area contributed by atoms with Gasteiger partial charge in [0, 0.05) is 35.9 Å². The molecule has 0 bridgehead atoms. The topological polar surface area (TPSA) is 57.7 Å². The summed E-state index contributed by atoms with van der Waals surface area (Å²) >= 11 is 7.39. The Hall–Kier alpha value is -1.93. The zero-order valence-electron chi connectivity index (χ0n) is 14.3. The van der Waals surface area contributed by atoms with Crippen LogP contribution in [-0.4, -0.2) is 49.7 Å². The molecule has 0 aliphatic carbocycles. The van der Waals surface area contributed by atoms with E-state index in [1.165, 1.54) is 27.8 Å². The normalized spacial score (nSPS) is 16.0. The third-order valence-corrected chi connectivity index (χ3v) is 7.83. The minimum Gasteiger partial charge on any atom is -0.335 e. The van der Waals surface area contributed by atoms with E-state index in [0.717, 1.165) is 10.1 Å². The molecule has 0 atom stereocenters. The Kier molecular flexibility index (Phi) is 4.94. The summed E-state index contributed by atoms with van der Waals surface area (Å²) in [7, 11) is -3.61. The maximum atomic E-state index is 12.8. The number of amides is 1. The van der Waals surface area contributed by atoms with Gasteiger partial charge in [0.1, 0.15) is 0 Å². The molecule has 27 heavy (non-hydrogen) atoms. The average Bonchev–Trinajstić information content (AvgIpc) is 3.12. The second-order valence-corrected chi connectivity index (χ2v) is 9.76. The highest BCUT2D eigenvalue weighted by Gasteiger charge is 2.31. The molecule has 0 spiro atoms. The van der Waals surface area contributed by atoms with Gasteiger partial charge in [0.05, 0.1) is 9.77 Å². The smallest absolute Gasteiger partial charge is 0.264 e. The number of nitrogens with zero attached hydrogens (tertiary/aromatic N) is 2. The number of halogens is 1. The highest BCUT2D eigenvalue weighted by molar-refractivity contribution is 7.89. The van der Waals surface area contributed by atoms with Crippen molar-refractivity contribution in [2.75, 3.05) is 26.2 Å². The van der Waals surface area contributed by atoms with Gasteiger partial charge in [-0.3, -0.25) is 4.79 Å². The Labute approximate surface area is 166 Å². The molecule has 0 saturated carbocycles. The van der Waals surface area contributed by atoms with E-state index in [-0.39, 0.29) is 23.9 Å². The van der Waals surface area contributed by atoms with E-state index in [1.54, 1.807) is 17.0 Å². The molecule has 8 heteroatoms. The van der Waals surface area contributed by atoms with Crippen LogP contribution in [0.4, 0.5) is 0 Å². The number of rotatable bonds is 3. The fraction of sp³-hybridized carbons (Fsp3) is 0.211. The molecule has 0 radical (unpaired) electrons. The average molecular weight is 421 g/mol. The van der Waals surface area contributed by atoms with Crippen LogP contribution in [0.25, 0.3) is 10.1 Å². The molecule has 1 aromatic heterocycles. The molecular formula is C19H17ClN2O3S2. The molecule has 2 aromatic carbocycles. The number of thiophene rings is 1. The van der Waals surface area contributed by atoms with Gasteiger partial charge < -0.3 is 4.90 Å². The molecule has 1 aliphatic heterocycles. The van der Waals surface area contributed by atoms with Crippen LogP contribution in [0.15, 0.2) is 59.5 Å². The molecule has 0 unspecified atom stereocenters. The first kappa shape index (κ1) is 18.4. The van der Waals surface area contributed by atoms with E-state index in [0.29, 0.717) is 23.0 Å².